The molecular formula is C26H17Cl3N2O3. The van der Waals surface area contributed by atoms with E-state index in [4.69, 9.17) is 34.8 Å². The van der Waals surface area contributed by atoms with Gasteiger partial charge in [-0.1, -0.05) is 72.3 Å². The molecule has 8 heteroatoms. The number of imide groups is 1. The lowest BCUT2D eigenvalue weighted by Crippen LogP contribution is -2.57. The third kappa shape index (κ3) is 2.60. The summed E-state index contributed by atoms with van der Waals surface area (Å²) in [6.45, 7) is -0.456. The highest BCUT2D eigenvalue weighted by molar-refractivity contribution is 6.36. The standard InChI is InChI=1S/C26H17Cl3N2O3/c27-18-11-5-6-12-19(18)30-20(32)13-31-23(33)21-22(24(31)34)26(29)15-8-2-1-7-14(15)25(21,28)16-9-3-4-10-17(16)26/h1-12,21-22H,13H2,(H,30,32)/t21-,22-,25?,26?/m0/s1. The van der Waals surface area contributed by atoms with Crippen molar-refractivity contribution in [3.05, 3.63) is 100 Å². The van der Waals surface area contributed by atoms with Gasteiger partial charge in [0.1, 0.15) is 16.3 Å². The maximum atomic E-state index is 13.7. The molecule has 7 rings (SSSR count). The van der Waals surface area contributed by atoms with Crippen LogP contribution in [0.5, 0.6) is 0 Å². The first-order valence-electron chi connectivity index (χ1n) is 10.8. The highest BCUT2D eigenvalue weighted by Crippen LogP contribution is 2.69. The minimum atomic E-state index is -1.27. The third-order valence-corrected chi connectivity index (χ3v) is 8.74. The highest BCUT2D eigenvalue weighted by atomic mass is 35.5. The number of para-hydroxylation sites is 1. The van der Waals surface area contributed by atoms with Crippen LogP contribution in [-0.2, 0) is 24.1 Å². The molecule has 3 aromatic rings. The van der Waals surface area contributed by atoms with Gasteiger partial charge < -0.3 is 5.32 Å². The SMILES string of the molecule is O=C(CN1C(=O)[C@@H]2[C@@H](C1=O)C1(Cl)c3ccccc3C2(Cl)c2ccccc21)Nc1ccccc1Cl. The molecule has 3 aromatic carbocycles. The summed E-state index contributed by atoms with van der Waals surface area (Å²) in [6.07, 6.45) is 0. The van der Waals surface area contributed by atoms with Crippen molar-refractivity contribution in [2.45, 2.75) is 9.75 Å². The second kappa shape index (κ2) is 7.32. The molecule has 34 heavy (non-hydrogen) atoms. The number of carbonyl (C=O) groups excluding carboxylic acids is 3. The number of carbonyl (C=O) groups is 3. The number of nitrogens with zero attached hydrogens (tertiary/aromatic N) is 1. The molecule has 1 heterocycles. The Labute approximate surface area is 210 Å². The van der Waals surface area contributed by atoms with Crippen molar-refractivity contribution in [3.63, 3.8) is 0 Å². The molecule has 2 bridgehead atoms. The Hall–Kier alpha value is -2.86. The summed E-state index contributed by atoms with van der Waals surface area (Å²) >= 11 is 20.8. The lowest BCUT2D eigenvalue weighted by atomic mass is 9.54. The number of alkyl halides is 2. The van der Waals surface area contributed by atoms with Crippen LogP contribution in [0.4, 0.5) is 5.69 Å². The van der Waals surface area contributed by atoms with Gasteiger partial charge in [-0.15, -0.1) is 23.2 Å². The molecule has 1 saturated heterocycles. The quantitative estimate of drug-likeness (QED) is 0.403. The Morgan fingerprint density at radius 1 is 0.765 bits per heavy atom. The predicted octanol–water partition coefficient (Wildman–Crippen LogP) is 4.87. The summed E-state index contributed by atoms with van der Waals surface area (Å²) in [5, 5.41) is 3.02. The second-order valence-electron chi connectivity index (χ2n) is 8.76. The monoisotopic (exact) mass is 510 g/mol. The number of hydrogen-bond acceptors (Lipinski definition) is 3. The number of benzene rings is 3. The van der Waals surface area contributed by atoms with Gasteiger partial charge in [0.2, 0.25) is 17.7 Å². The van der Waals surface area contributed by atoms with Crippen LogP contribution in [0.2, 0.25) is 5.02 Å². The van der Waals surface area contributed by atoms with E-state index in [1.807, 2.05) is 48.5 Å². The van der Waals surface area contributed by atoms with Crippen LogP contribution in [0.3, 0.4) is 0 Å². The van der Waals surface area contributed by atoms with Crippen LogP contribution in [0.1, 0.15) is 22.3 Å². The summed E-state index contributed by atoms with van der Waals surface area (Å²) in [7, 11) is 0. The fourth-order valence-electron chi connectivity index (χ4n) is 5.78. The molecular weight excluding hydrogens is 495 g/mol. The van der Waals surface area contributed by atoms with Crippen LogP contribution >= 0.6 is 34.8 Å². The van der Waals surface area contributed by atoms with Crippen molar-refractivity contribution in [3.8, 4) is 0 Å². The van der Waals surface area contributed by atoms with E-state index in [-0.39, 0.29) is 0 Å². The van der Waals surface area contributed by atoms with Gasteiger partial charge in [0.25, 0.3) is 0 Å². The van der Waals surface area contributed by atoms with Crippen LogP contribution < -0.4 is 5.32 Å². The number of rotatable bonds is 3. The Bertz CT molecular complexity index is 1280. The third-order valence-electron chi connectivity index (χ3n) is 7.13. The average Bonchev–Trinajstić information content (AvgIpc) is 3.10. The fraction of sp³-hybridized carbons (Fsp3) is 0.192. The van der Waals surface area contributed by atoms with Gasteiger partial charge in [-0.25, -0.2) is 0 Å². The molecule has 0 unspecified atom stereocenters. The smallest absolute Gasteiger partial charge is 0.244 e. The van der Waals surface area contributed by atoms with Crippen LogP contribution in [0.15, 0.2) is 72.8 Å². The summed E-state index contributed by atoms with van der Waals surface area (Å²) in [6, 6.07) is 21.5. The Morgan fingerprint density at radius 2 is 1.18 bits per heavy atom. The molecule has 5 nitrogen and oxygen atoms in total. The molecule has 4 aliphatic rings. The van der Waals surface area contributed by atoms with Crippen molar-refractivity contribution in [1.29, 1.82) is 0 Å². The summed E-state index contributed by atoms with van der Waals surface area (Å²) in [5.74, 6) is -3.42. The minimum absolute atomic E-state index is 0.354. The number of halogens is 3. The fourth-order valence-corrected chi connectivity index (χ4v) is 7.06. The minimum Gasteiger partial charge on any atom is -0.323 e. The first kappa shape index (κ1) is 21.7. The zero-order chi connectivity index (χ0) is 23.8. The number of nitrogens with one attached hydrogen (secondary N) is 1. The van der Waals surface area contributed by atoms with Gasteiger partial charge in [-0.3, -0.25) is 19.3 Å². The molecule has 1 N–H and O–H groups in total. The van der Waals surface area contributed by atoms with Crippen molar-refractivity contribution in [2.75, 3.05) is 11.9 Å². The highest BCUT2D eigenvalue weighted by Gasteiger charge is 2.73. The zero-order valence-corrected chi connectivity index (χ0v) is 19.9. The summed E-state index contributed by atoms with van der Waals surface area (Å²) < 4.78 is 0. The normalized spacial score (nSPS) is 28.4. The van der Waals surface area contributed by atoms with Crippen molar-refractivity contribution < 1.29 is 14.4 Å². The zero-order valence-electron chi connectivity index (χ0n) is 17.6. The van der Waals surface area contributed by atoms with E-state index in [0.29, 0.717) is 10.7 Å². The molecule has 170 valence electrons. The van der Waals surface area contributed by atoms with E-state index >= 15 is 0 Å². The molecule has 0 aromatic heterocycles. The van der Waals surface area contributed by atoms with Gasteiger partial charge in [0.15, 0.2) is 0 Å². The van der Waals surface area contributed by atoms with E-state index in [9.17, 15) is 14.4 Å². The molecule has 3 aliphatic carbocycles. The first-order valence-corrected chi connectivity index (χ1v) is 11.9. The van der Waals surface area contributed by atoms with E-state index in [0.717, 1.165) is 27.2 Å². The van der Waals surface area contributed by atoms with Crippen LogP contribution in [0.25, 0.3) is 0 Å². The van der Waals surface area contributed by atoms with Crippen molar-refractivity contribution in [1.82, 2.24) is 4.90 Å². The van der Waals surface area contributed by atoms with E-state index in [1.165, 1.54) is 0 Å². The van der Waals surface area contributed by atoms with Crippen molar-refractivity contribution >= 4 is 58.2 Å². The first-order chi connectivity index (χ1) is 16.3. The maximum absolute atomic E-state index is 13.7. The van der Waals surface area contributed by atoms with Gasteiger partial charge >= 0.3 is 0 Å². The lowest BCUT2D eigenvalue weighted by Gasteiger charge is -2.54. The Kier molecular flexibility index (Phi) is 4.66. The number of anilines is 1. The largest absolute Gasteiger partial charge is 0.323 e. The molecule has 2 atom stereocenters. The van der Waals surface area contributed by atoms with Crippen molar-refractivity contribution in [2.24, 2.45) is 11.8 Å². The molecule has 0 spiro atoms. The van der Waals surface area contributed by atoms with Gasteiger partial charge in [0, 0.05) is 0 Å². The van der Waals surface area contributed by atoms with Gasteiger partial charge in [-0.2, -0.15) is 0 Å². The van der Waals surface area contributed by atoms with E-state index < -0.39 is 45.9 Å². The Morgan fingerprint density at radius 3 is 1.62 bits per heavy atom. The summed E-state index contributed by atoms with van der Waals surface area (Å²) in [5.41, 5.74) is 3.27. The van der Waals surface area contributed by atoms with Crippen LogP contribution in [-0.4, -0.2) is 29.2 Å². The Balaban J connectivity index is 1.43. The second-order valence-corrected chi connectivity index (χ2v) is 10.4. The molecule has 0 saturated carbocycles. The van der Waals surface area contributed by atoms with Gasteiger partial charge in [-0.05, 0) is 34.4 Å². The maximum Gasteiger partial charge on any atom is 0.244 e. The number of hydrogen-bond donors (Lipinski definition) is 1. The summed E-state index contributed by atoms with van der Waals surface area (Å²) in [4.78, 5) is 38.7. The average molecular weight is 512 g/mol. The number of amides is 3. The van der Waals surface area contributed by atoms with E-state index in [2.05, 4.69) is 5.32 Å². The number of likely N-dealkylation sites (tertiary alicyclic amines) is 1. The van der Waals surface area contributed by atoms with Gasteiger partial charge in [0.05, 0.1) is 22.5 Å². The molecule has 0 radical (unpaired) electrons. The predicted molar refractivity (Wildman–Crippen MR) is 130 cm³/mol. The molecule has 1 aliphatic heterocycles. The molecule has 1 fully saturated rings. The molecule has 3 amide bonds. The van der Waals surface area contributed by atoms with E-state index in [1.54, 1.807) is 24.3 Å². The topological polar surface area (TPSA) is 66.5 Å². The lowest BCUT2D eigenvalue weighted by molar-refractivity contribution is -0.142. The van der Waals surface area contributed by atoms with Crippen LogP contribution in [0, 0.1) is 11.8 Å².